The summed E-state index contributed by atoms with van der Waals surface area (Å²) in [6.07, 6.45) is 2.97. The second kappa shape index (κ2) is 7.60. The number of carbonyl (C=O) groups is 2. The van der Waals surface area contributed by atoms with Crippen molar-refractivity contribution in [3.63, 3.8) is 0 Å². The zero-order chi connectivity index (χ0) is 18.8. The molecule has 0 bridgehead atoms. The van der Waals surface area contributed by atoms with Crippen LogP contribution in [0.3, 0.4) is 0 Å². The van der Waals surface area contributed by atoms with Crippen LogP contribution < -0.4 is 5.32 Å². The van der Waals surface area contributed by atoms with Crippen LogP contribution in [0.25, 0.3) is 10.9 Å². The number of carbonyl (C=O) groups excluding carboxylic acids is 2. The molecule has 1 unspecified atom stereocenters. The van der Waals surface area contributed by atoms with E-state index >= 15 is 0 Å². The molecule has 2 N–H and O–H groups in total. The second-order valence-corrected chi connectivity index (χ2v) is 7.48. The first-order chi connectivity index (χ1) is 13.1. The zero-order valence-corrected chi connectivity index (χ0v) is 16.3. The highest BCUT2D eigenvalue weighted by Gasteiger charge is 2.29. The van der Waals surface area contributed by atoms with Gasteiger partial charge < -0.3 is 19.6 Å². The minimum Gasteiger partial charge on any atom is -0.444 e. The fraction of sp³-hybridized carbons (Fsp3) is 0.300. The number of piperidine rings is 1. The Bertz CT molecular complexity index is 945. The summed E-state index contributed by atoms with van der Waals surface area (Å²) in [5.41, 5.74) is 2.12. The van der Waals surface area contributed by atoms with Crippen LogP contribution in [0.2, 0.25) is 0 Å². The number of likely N-dealkylation sites (tertiary alicyclic amines) is 1. The molecule has 4 rings (SSSR count). The Balaban J connectivity index is 1.46. The number of nitrogens with zero attached hydrogens (tertiary/aromatic N) is 1. The minimum absolute atomic E-state index is 0.00769. The van der Waals surface area contributed by atoms with Gasteiger partial charge >= 0.3 is 0 Å². The first-order valence-electron chi connectivity index (χ1n) is 9.02. The average molecular weight is 430 g/mol. The number of aromatic nitrogens is 1. The predicted octanol–water partition coefficient (Wildman–Crippen LogP) is 4.01. The lowest BCUT2D eigenvalue weighted by Gasteiger charge is -2.35. The Morgan fingerprint density at radius 2 is 2.07 bits per heavy atom. The van der Waals surface area contributed by atoms with Crippen molar-refractivity contribution in [1.82, 2.24) is 15.2 Å². The first-order valence-corrected chi connectivity index (χ1v) is 9.82. The Kier molecular flexibility index (Phi) is 5.03. The van der Waals surface area contributed by atoms with Crippen LogP contribution in [0, 0.1) is 0 Å². The van der Waals surface area contributed by atoms with E-state index in [9.17, 15) is 9.59 Å². The van der Waals surface area contributed by atoms with Gasteiger partial charge in [-0.25, -0.2) is 0 Å². The Labute approximate surface area is 165 Å². The quantitative estimate of drug-likeness (QED) is 0.657. The number of halogens is 1. The summed E-state index contributed by atoms with van der Waals surface area (Å²) in [5, 5.41) is 3.79. The molecule has 27 heavy (non-hydrogen) atoms. The van der Waals surface area contributed by atoms with Gasteiger partial charge in [-0.05, 0) is 64.8 Å². The third-order valence-electron chi connectivity index (χ3n) is 4.93. The highest BCUT2D eigenvalue weighted by atomic mass is 79.9. The zero-order valence-electron chi connectivity index (χ0n) is 14.7. The fourth-order valence-corrected chi connectivity index (χ4v) is 3.92. The van der Waals surface area contributed by atoms with Gasteiger partial charge in [0.1, 0.15) is 0 Å². The maximum atomic E-state index is 12.8. The van der Waals surface area contributed by atoms with Crippen LogP contribution in [-0.4, -0.2) is 34.8 Å². The molecule has 0 aliphatic carbocycles. The Morgan fingerprint density at radius 3 is 2.85 bits per heavy atom. The summed E-state index contributed by atoms with van der Waals surface area (Å²) >= 11 is 3.17. The average Bonchev–Trinajstić information content (AvgIpc) is 3.32. The summed E-state index contributed by atoms with van der Waals surface area (Å²) < 4.78 is 5.70. The van der Waals surface area contributed by atoms with Gasteiger partial charge in [-0.1, -0.05) is 18.2 Å². The van der Waals surface area contributed by atoms with Gasteiger partial charge in [0.05, 0.1) is 12.6 Å². The standard InChI is InChI=1S/C20H20BrN3O3/c21-18-9-8-17(27-18)20(26)22-12-19(25)24-10-4-3-7-16(24)15-11-13-5-1-2-6-14(13)23-15/h1-2,5-6,8-9,11,16,23H,3-4,7,10,12H2,(H,22,26). The summed E-state index contributed by atoms with van der Waals surface area (Å²) in [4.78, 5) is 30.2. The molecule has 140 valence electrons. The highest BCUT2D eigenvalue weighted by molar-refractivity contribution is 9.10. The molecular formula is C20H20BrN3O3. The molecule has 1 saturated heterocycles. The molecule has 3 heterocycles. The van der Waals surface area contributed by atoms with Crippen molar-refractivity contribution < 1.29 is 14.0 Å². The van der Waals surface area contributed by atoms with Gasteiger partial charge in [0.25, 0.3) is 5.91 Å². The molecule has 1 aromatic carbocycles. The number of hydrogen-bond donors (Lipinski definition) is 2. The van der Waals surface area contributed by atoms with Crippen LogP contribution in [-0.2, 0) is 4.79 Å². The number of furan rings is 1. The van der Waals surface area contributed by atoms with Crippen molar-refractivity contribution in [2.24, 2.45) is 0 Å². The lowest BCUT2D eigenvalue weighted by molar-refractivity contribution is -0.134. The molecule has 0 radical (unpaired) electrons. The van der Waals surface area contributed by atoms with Gasteiger partial charge in [0.2, 0.25) is 5.91 Å². The first kappa shape index (κ1) is 17.9. The molecule has 3 aromatic rings. The molecule has 1 aliphatic rings. The number of para-hydroxylation sites is 1. The number of amides is 2. The SMILES string of the molecule is O=C(NCC(=O)N1CCCCC1c1cc2ccccc2[nH]1)c1ccc(Br)o1. The maximum Gasteiger partial charge on any atom is 0.287 e. The topological polar surface area (TPSA) is 78.3 Å². The molecule has 1 atom stereocenters. The molecule has 7 heteroatoms. The molecule has 2 amide bonds. The van der Waals surface area contributed by atoms with Crippen molar-refractivity contribution in [3.8, 4) is 0 Å². The molecule has 6 nitrogen and oxygen atoms in total. The lowest BCUT2D eigenvalue weighted by atomic mass is 9.99. The molecule has 1 fully saturated rings. The number of fused-ring (bicyclic) bond motifs is 1. The van der Waals surface area contributed by atoms with E-state index in [0.29, 0.717) is 11.2 Å². The number of rotatable bonds is 4. The number of H-pyrrole nitrogens is 1. The highest BCUT2D eigenvalue weighted by Crippen LogP contribution is 2.32. The second-order valence-electron chi connectivity index (χ2n) is 6.70. The number of nitrogens with one attached hydrogen (secondary N) is 2. The van der Waals surface area contributed by atoms with E-state index in [1.165, 1.54) is 0 Å². The van der Waals surface area contributed by atoms with Crippen molar-refractivity contribution in [1.29, 1.82) is 0 Å². The van der Waals surface area contributed by atoms with E-state index in [2.05, 4.69) is 38.4 Å². The van der Waals surface area contributed by atoms with Crippen molar-refractivity contribution in [2.75, 3.05) is 13.1 Å². The van der Waals surface area contributed by atoms with Crippen molar-refractivity contribution >= 4 is 38.6 Å². The number of hydrogen-bond acceptors (Lipinski definition) is 3. The van der Waals surface area contributed by atoms with E-state index < -0.39 is 5.91 Å². The van der Waals surface area contributed by atoms with Crippen LogP contribution in [0.5, 0.6) is 0 Å². The van der Waals surface area contributed by atoms with Crippen LogP contribution in [0.4, 0.5) is 0 Å². The molecule has 0 saturated carbocycles. The van der Waals surface area contributed by atoms with Gasteiger partial charge in [-0.3, -0.25) is 9.59 Å². The predicted molar refractivity (Wildman–Crippen MR) is 105 cm³/mol. The maximum absolute atomic E-state index is 12.8. The van der Waals surface area contributed by atoms with Crippen LogP contribution in [0.1, 0.15) is 41.6 Å². The normalized spacial score (nSPS) is 17.2. The van der Waals surface area contributed by atoms with Crippen LogP contribution in [0.15, 0.2) is 51.6 Å². The molecular weight excluding hydrogens is 410 g/mol. The van der Waals surface area contributed by atoms with Crippen LogP contribution >= 0.6 is 15.9 Å². The summed E-state index contributed by atoms with van der Waals surface area (Å²) in [7, 11) is 0. The monoisotopic (exact) mass is 429 g/mol. The van der Waals surface area contributed by atoms with E-state index in [-0.39, 0.29) is 24.3 Å². The van der Waals surface area contributed by atoms with E-state index in [4.69, 9.17) is 4.42 Å². The molecule has 1 aliphatic heterocycles. The Hall–Kier alpha value is -2.54. The van der Waals surface area contributed by atoms with Gasteiger partial charge in [-0.15, -0.1) is 0 Å². The summed E-state index contributed by atoms with van der Waals surface area (Å²) in [6, 6.07) is 13.4. The number of benzene rings is 1. The summed E-state index contributed by atoms with van der Waals surface area (Å²) in [5.74, 6) is -0.300. The third kappa shape index (κ3) is 3.78. The van der Waals surface area contributed by atoms with E-state index in [1.807, 2.05) is 23.1 Å². The molecule has 2 aromatic heterocycles. The largest absolute Gasteiger partial charge is 0.444 e. The smallest absolute Gasteiger partial charge is 0.287 e. The molecule has 0 spiro atoms. The van der Waals surface area contributed by atoms with E-state index in [1.54, 1.807) is 12.1 Å². The van der Waals surface area contributed by atoms with Gasteiger partial charge in [0, 0.05) is 17.8 Å². The third-order valence-corrected chi connectivity index (χ3v) is 5.36. The van der Waals surface area contributed by atoms with Crippen molar-refractivity contribution in [3.05, 3.63) is 58.6 Å². The lowest BCUT2D eigenvalue weighted by Crippen LogP contribution is -2.44. The minimum atomic E-state index is -0.395. The van der Waals surface area contributed by atoms with Gasteiger partial charge in [0.15, 0.2) is 10.4 Å². The van der Waals surface area contributed by atoms with E-state index in [0.717, 1.165) is 35.9 Å². The number of aromatic amines is 1. The van der Waals surface area contributed by atoms with Crippen molar-refractivity contribution in [2.45, 2.75) is 25.3 Å². The summed E-state index contributed by atoms with van der Waals surface area (Å²) in [6.45, 7) is 0.648. The Morgan fingerprint density at radius 1 is 1.22 bits per heavy atom. The fourth-order valence-electron chi connectivity index (χ4n) is 3.61. The van der Waals surface area contributed by atoms with Gasteiger partial charge in [-0.2, -0.15) is 0 Å².